The van der Waals surface area contributed by atoms with Crippen molar-refractivity contribution in [3.05, 3.63) is 71.1 Å². The number of fused-ring (bicyclic) bond motifs is 1. The largest absolute Gasteiger partial charge is 0.297 e. The lowest BCUT2D eigenvalue weighted by Gasteiger charge is -2.02. The predicted octanol–water partition coefficient (Wildman–Crippen LogP) is 3.05. The fraction of sp³-hybridized carbons (Fsp3) is 0. The Morgan fingerprint density at radius 1 is 1.00 bits per heavy atom. The van der Waals surface area contributed by atoms with E-state index in [9.17, 15) is 9.59 Å². The van der Waals surface area contributed by atoms with Crippen molar-refractivity contribution >= 4 is 28.8 Å². The minimum absolute atomic E-state index is 0.199. The van der Waals surface area contributed by atoms with Gasteiger partial charge in [-0.2, -0.15) is 0 Å². The van der Waals surface area contributed by atoms with Crippen molar-refractivity contribution in [1.82, 2.24) is 9.38 Å². The summed E-state index contributed by atoms with van der Waals surface area (Å²) in [5.41, 5.74) is 1.04. The molecule has 98 valence electrons. The fourth-order valence-electron chi connectivity index (χ4n) is 1.98. The highest BCUT2D eigenvalue weighted by Gasteiger charge is 2.23. The fourth-order valence-corrected chi connectivity index (χ4v) is 2.21. The Balaban J connectivity index is 2.05. The highest BCUT2D eigenvalue weighted by atomic mass is 35.5. The zero-order chi connectivity index (χ0) is 14.1. The molecule has 0 bridgehead atoms. The van der Waals surface area contributed by atoms with Crippen LogP contribution in [0.3, 0.4) is 0 Å². The van der Waals surface area contributed by atoms with Crippen molar-refractivity contribution in [2.45, 2.75) is 0 Å². The molecule has 5 heteroatoms. The summed E-state index contributed by atoms with van der Waals surface area (Å²) in [6.45, 7) is 0. The normalized spacial score (nSPS) is 10.7. The first-order valence-electron chi connectivity index (χ1n) is 5.94. The molecule has 20 heavy (non-hydrogen) atoms. The molecule has 0 aliphatic carbocycles. The number of nitrogens with zero attached hydrogens (tertiary/aromatic N) is 2. The molecule has 0 radical (unpaired) electrons. The molecule has 0 amide bonds. The van der Waals surface area contributed by atoms with Crippen LogP contribution in [0.15, 0.2) is 54.9 Å². The van der Waals surface area contributed by atoms with Crippen LogP contribution in [-0.4, -0.2) is 21.0 Å². The zero-order valence-electron chi connectivity index (χ0n) is 10.3. The molecule has 3 rings (SSSR count). The molecular weight excluding hydrogens is 276 g/mol. The monoisotopic (exact) mass is 284 g/mol. The van der Waals surface area contributed by atoms with Crippen LogP contribution in [0.1, 0.15) is 20.8 Å². The van der Waals surface area contributed by atoms with Gasteiger partial charge in [-0.1, -0.05) is 29.8 Å². The van der Waals surface area contributed by atoms with Gasteiger partial charge in [-0.3, -0.25) is 14.0 Å². The minimum atomic E-state index is -0.638. The van der Waals surface area contributed by atoms with E-state index in [1.165, 1.54) is 12.3 Å². The van der Waals surface area contributed by atoms with Crippen LogP contribution in [0, 0.1) is 0 Å². The number of aromatic nitrogens is 2. The molecule has 0 unspecified atom stereocenters. The molecule has 0 spiro atoms. The molecule has 0 fully saturated rings. The topological polar surface area (TPSA) is 51.4 Å². The van der Waals surface area contributed by atoms with E-state index in [0.717, 1.165) is 0 Å². The van der Waals surface area contributed by atoms with E-state index in [1.54, 1.807) is 40.9 Å². The lowest BCUT2D eigenvalue weighted by molar-refractivity contribution is 0.0813. The van der Waals surface area contributed by atoms with Crippen LogP contribution in [0.2, 0.25) is 5.02 Å². The van der Waals surface area contributed by atoms with Gasteiger partial charge < -0.3 is 0 Å². The van der Waals surface area contributed by atoms with E-state index in [-0.39, 0.29) is 16.3 Å². The third-order valence-electron chi connectivity index (χ3n) is 2.97. The van der Waals surface area contributed by atoms with Crippen molar-refractivity contribution < 1.29 is 9.59 Å². The second-order valence-electron chi connectivity index (χ2n) is 4.21. The second kappa shape index (κ2) is 4.90. The second-order valence-corrected chi connectivity index (χ2v) is 4.62. The summed E-state index contributed by atoms with van der Waals surface area (Å²) in [4.78, 5) is 28.6. The van der Waals surface area contributed by atoms with E-state index in [0.29, 0.717) is 5.65 Å². The molecule has 3 aromatic rings. The molecule has 4 nitrogen and oxygen atoms in total. The van der Waals surface area contributed by atoms with Gasteiger partial charge in [0, 0.05) is 11.8 Å². The van der Waals surface area contributed by atoms with Crippen molar-refractivity contribution in [1.29, 1.82) is 0 Å². The third kappa shape index (κ3) is 2.00. The Bertz CT molecular complexity index is 823. The number of halogens is 1. The van der Waals surface area contributed by atoms with Crippen LogP contribution in [-0.2, 0) is 0 Å². The van der Waals surface area contributed by atoms with Gasteiger partial charge in [0.25, 0.3) is 5.78 Å². The molecule has 0 aliphatic heterocycles. The number of hydrogen-bond acceptors (Lipinski definition) is 3. The van der Waals surface area contributed by atoms with Crippen molar-refractivity contribution in [3.8, 4) is 0 Å². The lowest BCUT2D eigenvalue weighted by atomic mass is 10.1. The van der Waals surface area contributed by atoms with E-state index in [2.05, 4.69) is 4.98 Å². The SMILES string of the molecule is O=C(C(=O)c1cnc2ccccn12)c1ccccc1Cl. The Hall–Kier alpha value is -2.46. The van der Waals surface area contributed by atoms with E-state index >= 15 is 0 Å². The summed E-state index contributed by atoms with van der Waals surface area (Å²) in [7, 11) is 0. The summed E-state index contributed by atoms with van der Waals surface area (Å²) < 4.78 is 1.58. The van der Waals surface area contributed by atoms with Gasteiger partial charge in [-0.25, -0.2) is 4.98 Å². The lowest BCUT2D eigenvalue weighted by Crippen LogP contribution is -2.16. The molecule has 1 aromatic carbocycles. The molecule has 2 aromatic heterocycles. The van der Waals surface area contributed by atoms with Gasteiger partial charge in [0.2, 0.25) is 5.78 Å². The molecule has 0 N–H and O–H groups in total. The standard InChI is InChI=1S/C15H9ClN2O2/c16-11-6-2-1-5-10(11)14(19)15(20)12-9-17-13-7-3-4-8-18(12)13/h1-9H. The number of pyridine rings is 1. The van der Waals surface area contributed by atoms with Crippen molar-refractivity contribution in [3.63, 3.8) is 0 Å². The van der Waals surface area contributed by atoms with Crippen LogP contribution in [0.4, 0.5) is 0 Å². The average Bonchev–Trinajstić information content (AvgIpc) is 2.90. The Kier molecular flexibility index (Phi) is 3.08. The van der Waals surface area contributed by atoms with Crippen LogP contribution in [0.25, 0.3) is 5.65 Å². The van der Waals surface area contributed by atoms with Gasteiger partial charge in [0.1, 0.15) is 11.3 Å². The molecular formula is C15H9ClN2O2. The van der Waals surface area contributed by atoms with Gasteiger partial charge in [0.05, 0.1) is 11.2 Å². The van der Waals surface area contributed by atoms with Crippen molar-refractivity contribution in [2.75, 3.05) is 0 Å². The summed E-state index contributed by atoms with van der Waals surface area (Å²) in [5, 5.41) is 0.264. The molecule has 2 heterocycles. The van der Waals surface area contributed by atoms with E-state index < -0.39 is 11.6 Å². The number of carbonyl (C=O) groups is 2. The maximum absolute atomic E-state index is 12.3. The summed E-state index contributed by atoms with van der Waals surface area (Å²) in [6, 6.07) is 11.8. The van der Waals surface area contributed by atoms with Crippen LogP contribution < -0.4 is 0 Å². The van der Waals surface area contributed by atoms with Crippen LogP contribution >= 0.6 is 11.6 Å². The number of carbonyl (C=O) groups excluding carboxylic acids is 2. The van der Waals surface area contributed by atoms with Gasteiger partial charge >= 0.3 is 0 Å². The van der Waals surface area contributed by atoms with Gasteiger partial charge in [0.15, 0.2) is 0 Å². The van der Waals surface area contributed by atoms with Gasteiger partial charge in [-0.05, 0) is 24.3 Å². The Morgan fingerprint density at radius 2 is 1.75 bits per heavy atom. The van der Waals surface area contributed by atoms with E-state index in [1.807, 2.05) is 6.07 Å². The highest BCUT2D eigenvalue weighted by molar-refractivity contribution is 6.51. The number of Topliss-reactive ketones (excluding diaryl/α,β-unsaturated/α-hetero) is 2. The molecule has 0 saturated carbocycles. The molecule has 0 aliphatic rings. The predicted molar refractivity (Wildman–Crippen MR) is 75.3 cm³/mol. The Labute approximate surface area is 119 Å². The first kappa shape index (κ1) is 12.6. The first-order valence-corrected chi connectivity index (χ1v) is 6.32. The molecule has 0 atom stereocenters. The number of ketones is 2. The maximum atomic E-state index is 12.3. The quantitative estimate of drug-likeness (QED) is 0.549. The van der Waals surface area contributed by atoms with Gasteiger partial charge in [-0.15, -0.1) is 0 Å². The number of rotatable bonds is 3. The van der Waals surface area contributed by atoms with Crippen molar-refractivity contribution in [2.24, 2.45) is 0 Å². The minimum Gasteiger partial charge on any atom is -0.297 e. The number of hydrogen-bond donors (Lipinski definition) is 0. The summed E-state index contributed by atoms with van der Waals surface area (Å²) >= 11 is 5.95. The molecule has 0 saturated heterocycles. The maximum Gasteiger partial charge on any atom is 0.251 e. The highest BCUT2D eigenvalue weighted by Crippen LogP contribution is 2.18. The number of benzene rings is 1. The third-order valence-corrected chi connectivity index (χ3v) is 3.30. The first-order chi connectivity index (χ1) is 9.68. The zero-order valence-corrected chi connectivity index (χ0v) is 11.0. The smallest absolute Gasteiger partial charge is 0.251 e. The average molecular weight is 285 g/mol. The van der Waals surface area contributed by atoms with Crippen LogP contribution in [0.5, 0.6) is 0 Å². The summed E-state index contributed by atoms with van der Waals surface area (Å²) in [6.07, 6.45) is 3.09. The van der Waals surface area contributed by atoms with E-state index in [4.69, 9.17) is 11.6 Å². The Morgan fingerprint density at radius 3 is 2.55 bits per heavy atom. The number of imidazole rings is 1. The summed E-state index contributed by atoms with van der Waals surface area (Å²) in [5.74, 6) is -1.27.